The number of rotatable bonds is 8. The second-order valence-electron chi connectivity index (χ2n) is 9.41. The molecule has 2 nitrogen and oxygen atoms in total. The molecule has 1 aliphatic rings. The summed E-state index contributed by atoms with van der Waals surface area (Å²) in [5, 5.41) is 10.3. The Bertz CT molecular complexity index is 617. The van der Waals surface area contributed by atoms with Crippen molar-refractivity contribution in [2.75, 3.05) is 0 Å². The molecule has 0 aromatic heterocycles. The first-order chi connectivity index (χ1) is 12.1. The van der Waals surface area contributed by atoms with E-state index < -0.39 is 0 Å². The van der Waals surface area contributed by atoms with Crippen molar-refractivity contribution in [3.05, 3.63) is 22.3 Å². The van der Waals surface area contributed by atoms with Gasteiger partial charge in [-0.15, -0.1) is 0 Å². The molecule has 2 unspecified atom stereocenters. The van der Waals surface area contributed by atoms with E-state index in [-0.39, 0.29) is 5.60 Å². The monoisotopic (exact) mass is 360 g/mol. The molecule has 0 aliphatic carbocycles. The van der Waals surface area contributed by atoms with E-state index in [2.05, 4.69) is 34.6 Å². The zero-order valence-electron chi connectivity index (χ0n) is 18.2. The molecule has 0 bridgehead atoms. The number of phenols is 1. The molecular weight excluding hydrogens is 320 g/mol. The van der Waals surface area contributed by atoms with Crippen molar-refractivity contribution in [2.45, 2.75) is 105 Å². The van der Waals surface area contributed by atoms with Crippen LogP contribution < -0.4 is 4.74 Å². The third kappa shape index (κ3) is 4.96. The van der Waals surface area contributed by atoms with E-state index in [1.54, 1.807) is 0 Å². The van der Waals surface area contributed by atoms with Crippen LogP contribution in [0.25, 0.3) is 0 Å². The highest BCUT2D eigenvalue weighted by Gasteiger charge is 2.34. The number of benzene rings is 1. The van der Waals surface area contributed by atoms with Crippen molar-refractivity contribution in [1.82, 2.24) is 0 Å². The van der Waals surface area contributed by atoms with Crippen LogP contribution in [0.2, 0.25) is 0 Å². The predicted octanol–water partition coefficient (Wildman–Crippen LogP) is 7.03. The molecule has 1 aromatic rings. The quantitative estimate of drug-likeness (QED) is 0.539. The fourth-order valence-corrected chi connectivity index (χ4v) is 4.31. The van der Waals surface area contributed by atoms with E-state index in [1.165, 1.54) is 37.7 Å². The van der Waals surface area contributed by atoms with E-state index in [4.69, 9.17) is 4.74 Å². The fourth-order valence-electron chi connectivity index (χ4n) is 4.31. The summed E-state index contributed by atoms with van der Waals surface area (Å²) in [5.41, 5.74) is 4.22. The lowest BCUT2D eigenvalue weighted by Crippen LogP contribution is -2.37. The molecule has 1 aromatic carbocycles. The summed E-state index contributed by atoms with van der Waals surface area (Å²) < 4.78 is 6.55. The highest BCUT2D eigenvalue weighted by Crippen LogP contribution is 2.44. The maximum absolute atomic E-state index is 10.3. The Labute approximate surface area is 161 Å². The van der Waals surface area contributed by atoms with Crippen molar-refractivity contribution in [3.63, 3.8) is 0 Å². The van der Waals surface area contributed by atoms with Crippen LogP contribution in [0.5, 0.6) is 11.5 Å². The van der Waals surface area contributed by atoms with Gasteiger partial charge in [0.25, 0.3) is 0 Å². The van der Waals surface area contributed by atoms with Gasteiger partial charge in [0.15, 0.2) is 0 Å². The summed E-state index contributed by atoms with van der Waals surface area (Å²) in [6.07, 6.45) is 9.80. The zero-order valence-corrected chi connectivity index (χ0v) is 18.2. The molecule has 0 radical (unpaired) electrons. The van der Waals surface area contributed by atoms with Crippen molar-refractivity contribution in [2.24, 2.45) is 11.8 Å². The van der Waals surface area contributed by atoms with Crippen LogP contribution in [0.15, 0.2) is 0 Å². The lowest BCUT2D eigenvalue weighted by atomic mass is 9.84. The van der Waals surface area contributed by atoms with Crippen LogP contribution in [0.1, 0.15) is 94.9 Å². The lowest BCUT2D eigenvalue weighted by Gasteiger charge is -2.38. The number of fused-ring (bicyclic) bond motifs is 1. The lowest BCUT2D eigenvalue weighted by molar-refractivity contribution is 0.0512. The largest absolute Gasteiger partial charge is 0.507 e. The molecule has 2 rings (SSSR count). The van der Waals surface area contributed by atoms with Crippen molar-refractivity contribution < 1.29 is 9.84 Å². The minimum absolute atomic E-state index is 0.0642. The molecule has 0 spiro atoms. The molecule has 26 heavy (non-hydrogen) atoms. The molecule has 2 atom stereocenters. The third-order valence-electron chi connectivity index (χ3n) is 6.47. The van der Waals surface area contributed by atoms with Crippen LogP contribution in [-0.4, -0.2) is 10.7 Å². The molecule has 1 N–H and O–H groups in total. The van der Waals surface area contributed by atoms with Crippen LogP contribution >= 0.6 is 0 Å². The highest BCUT2D eigenvalue weighted by atomic mass is 16.5. The number of phenolic OH excluding ortho intramolecular Hbond substituents is 1. The Kier molecular flexibility index (Phi) is 7.05. The zero-order chi connectivity index (χ0) is 19.5. The first-order valence-electron chi connectivity index (χ1n) is 10.6. The van der Waals surface area contributed by atoms with E-state index in [9.17, 15) is 5.11 Å². The Morgan fingerprint density at radius 2 is 1.62 bits per heavy atom. The van der Waals surface area contributed by atoms with Crippen LogP contribution in [-0.2, 0) is 6.42 Å². The SMILES string of the molecule is Cc1c(C)c2c(c(C)c1O)CCC(C)(CCCC(C)CCCC(C)C)O2. The molecular formula is C24H40O2. The average molecular weight is 361 g/mol. The molecule has 0 saturated heterocycles. The maximum Gasteiger partial charge on any atom is 0.127 e. The van der Waals surface area contributed by atoms with Gasteiger partial charge < -0.3 is 9.84 Å². The first-order valence-corrected chi connectivity index (χ1v) is 10.6. The molecule has 148 valence electrons. The number of ether oxygens (including phenoxy) is 1. The Morgan fingerprint density at radius 3 is 2.27 bits per heavy atom. The van der Waals surface area contributed by atoms with Gasteiger partial charge in [-0.1, -0.05) is 46.5 Å². The second kappa shape index (κ2) is 8.67. The van der Waals surface area contributed by atoms with Gasteiger partial charge in [0.05, 0.1) is 0 Å². The van der Waals surface area contributed by atoms with Gasteiger partial charge in [-0.2, -0.15) is 0 Å². The number of hydrogen-bond donors (Lipinski definition) is 1. The summed E-state index contributed by atoms with van der Waals surface area (Å²) in [7, 11) is 0. The van der Waals surface area contributed by atoms with Gasteiger partial charge in [-0.25, -0.2) is 0 Å². The van der Waals surface area contributed by atoms with Crippen molar-refractivity contribution >= 4 is 0 Å². The minimum atomic E-state index is -0.0642. The maximum atomic E-state index is 10.3. The molecule has 1 aliphatic heterocycles. The van der Waals surface area contributed by atoms with E-state index >= 15 is 0 Å². The van der Waals surface area contributed by atoms with Crippen molar-refractivity contribution in [1.29, 1.82) is 0 Å². The number of aromatic hydroxyl groups is 1. The normalized spacial score (nSPS) is 20.8. The first kappa shape index (κ1) is 21.1. The summed E-state index contributed by atoms with van der Waals surface area (Å²) in [6, 6.07) is 0. The Balaban J connectivity index is 1.93. The smallest absolute Gasteiger partial charge is 0.127 e. The van der Waals surface area contributed by atoms with Crippen LogP contribution in [0.4, 0.5) is 0 Å². The average Bonchev–Trinajstić information content (AvgIpc) is 2.57. The molecule has 0 amide bonds. The Hall–Kier alpha value is -1.18. The van der Waals surface area contributed by atoms with E-state index in [0.717, 1.165) is 53.5 Å². The minimum Gasteiger partial charge on any atom is -0.507 e. The van der Waals surface area contributed by atoms with Gasteiger partial charge in [-0.05, 0) is 81.9 Å². The van der Waals surface area contributed by atoms with Gasteiger partial charge in [0.2, 0.25) is 0 Å². The third-order valence-corrected chi connectivity index (χ3v) is 6.47. The standard InChI is InChI=1S/C24H40O2/c1-16(2)10-8-11-17(3)12-9-14-24(7)15-13-21-20(6)22(25)18(4)19(5)23(21)26-24/h16-17,25H,8-15H2,1-7H3. The van der Waals surface area contributed by atoms with Gasteiger partial charge in [0.1, 0.15) is 17.1 Å². The Morgan fingerprint density at radius 1 is 0.962 bits per heavy atom. The summed E-state index contributed by atoms with van der Waals surface area (Å²) in [6.45, 7) is 15.4. The van der Waals surface area contributed by atoms with Gasteiger partial charge >= 0.3 is 0 Å². The van der Waals surface area contributed by atoms with Gasteiger partial charge in [0, 0.05) is 5.56 Å². The fraction of sp³-hybridized carbons (Fsp3) is 0.750. The van der Waals surface area contributed by atoms with E-state index in [0.29, 0.717) is 5.75 Å². The van der Waals surface area contributed by atoms with Crippen molar-refractivity contribution in [3.8, 4) is 11.5 Å². The summed E-state index contributed by atoms with van der Waals surface area (Å²) >= 11 is 0. The second-order valence-corrected chi connectivity index (χ2v) is 9.41. The molecule has 1 heterocycles. The van der Waals surface area contributed by atoms with Crippen LogP contribution in [0.3, 0.4) is 0 Å². The summed E-state index contributed by atoms with van der Waals surface area (Å²) in [5.74, 6) is 3.13. The highest BCUT2D eigenvalue weighted by molar-refractivity contribution is 5.58. The topological polar surface area (TPSA) is 29.5 Å². The molecule has 0 saturated carbocycles. The summed E-state index contributed by atoms with van der Waals surface area (Å²) in [4.78, 5) is 0. The molecule has 2 heteroatoms. The van der Waals surface area contributed by atoms with E-state index in [1.807, 2.05) is 13.8 Å². The van der Waals surface area contributed by atoms with Crippen LogP contribution in [0, 0.1) is 32.6 Å². The van der Waals surface area contributed by atoms with Gasteiger partial charge in [-0.3, -0.25) is 0 Å². The molecule has 0 fully saturated rings. The number of hydrogen-bond acceptors (Lipinski definition) is 2. The predicted molar refractivity (Wildman–Crippen MR) is 111 cm³/mol.